The summed E-state index contributed by atoms with van der Waals surface area (Å²) in [6.45, 7) is 1.62. The molecule has 0 fully saturated rings. The van der Waals surface area contributed by atoms with Crippen molar-refractivity contribution in [2.75, 3.05) is 0 Å². The van der Waals surface area contributed by atoms with Crippen LogP contribution in [0.5, 0.6) is 0 Å². The van der Waals surface area contributed by atoms with Crippen LogP contribution >= 0.6 is 0 Å². The van der Waals surface area contributed by atoms with E-state index >= 15 is 0 Å². The number of aryl methyl sites for hydroxylation is 2. The molecule has 3 heteroatoms. The summed E-state index contributed by atoms with van der Waals surface area (Å²) in [7, 11) is 0. The largest absolute Gasteiger partial charge is 0.324 e. The molecule has 2 N–H and O–H groups in total. The van der Waals surface area contributed by atoms with Gasteiger partial charge in [0.25, 0.3) is 0 Å². The van der Waals surface area contributed by atoms with E-state index in [1.54, 1.807) is 6.92 Å². The van der Waals surface area contributed by atoms with E-state index in [1.807, 2.05) is 30.3 Å². The van der Waals surface area contributed by atoms with E-state index in [-0.39, 0.29) is 5.56 Å². The average molecular weight is 275 g/mol. The van der Waals surface area contributed by atoms with Gasteiger partial charge in [-0.05, 0) is 43.4 Å². The number of hydrogen-bond acceptors (Lipinski definition) is 1. The van der Waals surface area contributed by atoms with Crippen LogP contribution in [0, 0.1) is 18.6 Å². The van der Waals surface area contributed by atoms with E-state index in [4.69, 9.17) is 5.73 Å². The third kappa shape index (κ3) is 3.42. The van der Waals surface area contributed by atoms with Gasteiger partial charge in [0.2, 0.25) is 0 Å². The van der Waals surface area contributed by atoms with Crippen molar-refractivity contribution in [3.8, 4) is 0 Å². The fourth-order valence-corrected chi connectivity index (χ4v) is 2.33. The molecule has 1 atom stereocenters. The van der Waals surface area contributed by atoms with Gasteiger partial charge in [0, 0.05) is 11.6 Å². The highest BCUT2D eigenvalue weighted by Crippen LogP contribution is 2.25. The van der Waals surface area contributed by atoms with E-state index in [9.17, 15) is 8.78 Å². The SMILES string of the molecule is Cc1ccc(F)c(C(N)CCCc2ccccc2)c1F. The van der Waals surface area contributed by atoms with Gasteiger partial charge in [-0.15, -0.1) is 0 Å². The topological polar surface area (TPSA) is 26.0 Å². The van der Waals surface area contributed by atoms with Gasteiger partial charge in [-0.2, -0.15) is 0 Å². The Morgan fingerprint density at radius 1 is 1.05 bits per heavy atom. The van der Waals surface area contributed by atoms with Crippen molar-refractivity contribution in [1.29, 1.82) is 0 Å². The molecule has 0 radical (unpaired) electrons. The zero-order chi connectivity index (χ0) is 14.5. The lowest BCUT2D eigenvalue weighted by Gasteiger charge is -2.15. The van der Waals surface area contributed by atoms with Crippen molar-refractivity contribution in [3.05, 3.63) is 70.8 Å². The highest BCUT2D eigenvalue weighted by Gasteiger charge is 2.17. The predicted octanol–water partition coefficient (Wildman–Crippen LogP) is 4.30. The Morgan fingerprint density at radius 3 is 2.45 bits per heavy atom. The average Bonchev–Trinajstić information content (AvgIpc) is 2.44. The summed E-state index contributed by atoms with van der Waals surface area (Å²) in [6.07, 6.45) is 2.23. The molecule has 20 heavy (non-hydrogen) atoms. The van der Waals surface area contributed by atoms with Crippen LogP contribution in [0.2, 0.25) is 0 Å². The molecule has 0 aliphatic carbocycles. The maximum Gasteiger partial charge on any atom is 0.133 e. The van der Waals surface area contributed by atoms with Gasteiger partial charge in [0.1, 0.15) is 11.6 Å². The van der Waals surface area contributed by atoms with Crippen molar-refractivity contribution < 1.29 is 8.78 Å². The monoisotopic (exact) mass is 275 g/mol. The van der Waals surface area contributed by atoms with Gasteiger partial charge in [-0.3, -0.25) is 0 Å². The van der Waals surface area contributed by atoms with Crippen LogP contribution in [0.4, 0.5) is 8.78 Å². The van der Waals surface area contributed by atoms with Crippen molar-refractivity contribution in [1.82, 2.24) is 0 Å². The summed E-state index contributed by atoms with van der Waals surface area (Å²) in [5.74, 6) is -1.07. The first-order chi connectivity index (χ1) is 9.59. The van der Waals surface area contributed by atoms with Crippen LogP contribution < -0.4 is 5.73 Å². The number of halogens is 2. The Balaban J connectivity index is 1.99. The number of nitrogens with two attached hydrogens (primary N) is 1. The molecule has 0 aliphatic rings. The van der Waals surface area contributed by atoms with Crippen molar-refractivity contribution in [2.24, 2.45) is 5.73 Å². The molecule has 0 bridgehead atoms. The molecule has 0 aliphatic heterocycles. The predicted molar refractivity (Wildman–Crippen MR) is 77.4 cm³/mol. The van der Waals surface area contributed by atoms with Crippen molar-refractivity contribution in [3.63, 3.8) is 0 Å². The first kappa shape index (κ1) is 14.7. The minimum atomic E-state index is -0.599. The minimum Gasteiger partial charge on any atom is -0.324 e. The van der Waals surface area contributed by atoms with Crippen LogP contribution in [-0.4, -0.2) is 0 Å². The highest BCUT2D eigenvalue weighted by molar-refractivity contribution is 5.29. The lowest BCUT2D eigenvalue weighted by atomic mass is 9.97. The Morgan fingerprint density at radius 2 is 1.75 bits per heavy atom. The maximum absolute atomic E-state index is 13.9. The van der Waals surface area contributed by atoms with Gasteiger partial charge in [-0.25, -0.2) is 8.78 Å². The molecule has 0 saturated heterocycles. The quantitative estimate of drug-likeness (QED) is 0.865. The fraction of sp³-hybridized carbons (Fsp3) is 0.294. The Kier molecular flexibility index (Phi) is 4.85. The van der Waals surface area contributed by atoms with Crippen molar-refractivity contribution in [2.45, 2.75) is 32.2 Å². The molecule has 2 aromatic rings. The number of rotatable bonds is 5. The molecule has 0 heterocycles. The van der Waals surface area contributed by atoms with Gasteiger partial charge in [0.15, 0.2) is 0 Å². The van der Waals surface area contributed by atoms with E-state index < -0.39 is 17.7 Å². The Hall–Kier alpha value is -1.74. The van der Waals surface area contributed by atoms with E-state index in [0.29, 0.717) is 12.0 Å². The lowest BCUT2D eigenvalue weighted by molar-refractivity contribution is 0.500. The third-order valence-corrected chi connectivity index (χ3v) is 3.51. The van der Waals surface area contributed by atoms with Crippen LogP contribution in [0.25, 0.3) is 0 Å². The molecule has 0 spiro atoms. The number of benzene rings is 2. The Labute approximate surface area is 118 Å². The number of hydrogen-bond donors (Lipinski definition) is 1. The highest BCUT2D eigenvalue weighted by atomic mass is 19.1. The zero-order valence-electron chi connectivity index (χ0n) is 11.6. The molecule has 1 unspecified atom stereocenters. The smallest absolute Gasteiger partial charge is 0.133 e. The fourth-order valence-electron chi connectivity index (χ4n) is 2.33. The summed E-state index contributed by atoms with van der Waals surface area (Å²) < 4.78 is 27.7. The summed E-state index contributed by atoms with van der Waals surface area (Å²) in [6, 6.07) is 12.1. The molecule has 1 nitrogen and oxygen atoms in total. The molecular weight excluding hydrogens is 256 g/mol. The summed E-state index contributed by atoms with van der Waals surface area (Å²) in [4.78, 5) is 0. The maximum atomic E-state index is 13.9. The molecule has 106 valence electrons. The van der Waals surface area contributed by atoms with E-state index in [1.165, 1.54) is 17.7 Å². The Bertz CT molecular complexity index is 567. The summed E-state index contributed by atoms with van der Waals surface area (Å²) in [5.41, 5.74) is 7.61. The standard InChI is InChI=1S/C17H19F2N/c1-12-10-11-14(18)16(17(12)19)15(20)9-5-8-13-6-3-2-4-7-13/h2-4,6-7,10-11,15H,5,8-9,20H2,1H3. The second-order valence-electron chi connectivity index (χ2n) is 5.08. The van der Waals surface area contributed by atoms with E-state index in [2.05, 4.69) is 0 Å². The molecule has 2 aromatic carbocycles. The van der Waals surface area contributed by atoms with Crippen molar-refractivity contribution >= 4 is 0 Å². The molecule has 2 rings (SSSR count). The van der Waals surface area contributed by atoms with Gasteiger partial charge in [0.05, 0.1) is 0 Å². The summed E-state index contributed by atoms with van der Waals surface area (Å²) in [5, 5.41) is 0. The lowest BCUT2D eigenvalue weighted by Crippen LogP contribution is -2.15. The third-order valence-electron chi connectivity index (χ3n) is 3.51. The molecular formula is C17H19F2N. The second kappa shape index (κ2) is 6.62. The van der Waals surface area contributed by atoms with Gasteiger partial charge >= 0.3 is 0 Å². The molecule has 0 saturated carbocycles. The van der Waals surface area contributed by atoms with Gasteiger partial charge in [-0.1, -0.05) is 36.4 Å². The van der Waals surface area contributed by atoms with Gasteiger partial charge < -0.3 is 5.73 Å². The van der Waals surface area contributed by atoms with Crippen LogP contribution in [0.3, 0.4) is 0 Å². The second-order valence-corrected chi connectivity index (χ2v) is 5.08. The first-order valence-electron chi connectivity index (χ1n) is 6.83. The normalized spacial score (nSPS) is 12.4. The van der Waals surface area contributed by atoms with Crippen LogP contribution in [-0.2, 0) is 6.42 Å². The zero-order valence-corrected chi connectivity index (χ0v) is 11.6. The van der Waals surface area contributed by atoms with E-state index in [0.717, 1.165) is 12.8 Å². The van der Waals surface area contributed by atoms with Crippen LogP contribution in [0.15, 0.2) is 42.5 Å². The minimum absolute atomic E-state index is 0.0121. The molecule has 0 amide bonds. The first-order valence-corrected chi connectivity index (χ1v) is 6.83. The summed E-state index contributed by atoms with van der Waals surface area (Å²) >= 11 is 0. The molecule has 0 aromatic heterocycles. The van der Waals surface area contributed by atoms with Crippen LogP contribution in [0.1, 0.15) is 35.6 Å².